The molecule has 0 saturated heterocycles. The Hall–Kier alpha value is -1.07. The highest BCUT2D eigenvalue weighted by Gasteiger charge is 2.44. The summed E-state index contributed by atoms with van der Waals surface area (Å²) >= 11 is 3.47. The second-order valence-corrected chi connectivity index (χ2v) is 5.20. The quantitative estimate of drug-likeness (QED) is 0.838. The van der Waals surface area contributed by atoms with Crippen LogP contribution in [0, 0.1) is 0 Å². The van der Waals surface area contributed by atoms with E-state index in [1.165, 1.54) is 12.7 Å². The maximum absolute atomic E-state index is 11.3. The van der Waals surface area contributed by atoms with Crippen molar-refractivity contribution >= 4 is 22.0 Å². The van der Waals surface area contributed by atoms with Crippen molar-refractivity contribution in [2.24, 2.45) is 0 Å². The third-order valence-electron chi connectivity index (χ3n) is 3.07. The summed E-state index contributed by atoms with van der Waals surface area (Å²) in [6, 6.07) is 7.95. The van der Waals surface area contributed by atoms with E-state index >= 15 is 0 Å². The molecule has 0 bridgehead atoms. The molecule has 1 aliphatic rings. The standard InChI is InChI=1S/C12H15BrN2O2/c1-17-15-11(16)14-8-12(5-6-12)9-3-2-4-10(13)7-9/h2-4,7H,5-6,8H2,1H3,(H2,14,15,16). The molecule has 2 amide bonds. The van der Waals surface area contributed by atoms with Gasteiger partial charge in [-0.25, -0.2) is 10.3 Å². The summed E-state index contributed by atoms with van der Waals surface area (Å²) in [5.41, 5.74) is 3.62. The Kier molecular flexibility index (Phi) is 3.69. The minimum absolute atomic E-state index is 0.106. The lowest BCUT2D eigenvalue weighted by Gasteiger charge is -2.16. The monoisotopic (exact) mass is 298 g/mol. The molecule has 4 nitrogen and oxygen atoms in total. The normalized spacial score (nSPS) is 16.4. The number of carbonyl (C=O) groups is 1. The van der Waals surface area contributed by atoms with Crippen LogP contribution in [0.5, 0.6) is 0 Å². The van der Waals surface area contributed by atoms with Gasteiger partial charge in [0, 0.05) is 16.4 Å². The van der Waals surface area contributed by atoms with Crippen molar-refractivity contribution in [1.29, 1.82) is 0 Å². The molecule has 1 saturated carbocycles. The molecule has 0 aliphatic heterocycles. The molecule has 0 aromatic heterocycles. The van der Waals surface area contributed by atoms with E-state index in [1.807, 2.05) is 12.1 Å². The number of nitrogens with one attached hydrogen (secondary N) is 2. The minimum Gasteiger partial charge on any atom is -0.335 e. The van der Waals surface area contributed by atoms with Gasteiger partial charge >= 0.3 is 6.03 Å². The van der Waals surface area contributed by atoms with Crippen molar-refractivity contribution in [3.63, 3.8) is 0 Å². The number of halogens is 1. The van der Waals surface area contributed by atoms with Crippen LogP contribution >= 0.6 is 15.9 Å². The molecule has 17 heavy (non-hydrogen) atoms. The summed E-state index contributed by atoms with van der Waals surface area (Å²) in [6.45, 7) is 0.638. The van der Waals surface area contributed by atoms with Crippen LogP contribution in [0.3, 0.4) is 0 Å². The second kappa shape index (κ2) is 5.06. The van der Waals surface area contributed by atoms with Crippen LogP contribution in [-0.4, -0.2) is 19.7 Å². The predicted molar refractivity (Wildman–Crippen MR) is 68.6 cm³/mol. The van der Waals surface area contributed by atoms with E-state index in [0.29, 0.717) is 6.54 Å². The number of urea groups is 1. The Labute approximate surface area is 109 Å². The molecule has 1 fully saturated rings. The first-order chi connectivity index (χ1) is 8.16. The lowest BCUT2D eigenvalue weighted by atomic mass is 9.96. The first-order valence-corrected chi connectivity index (χ1v) is 6.28. The summed E-state index contributed by atoms with van der Waals surface area (Å²) in [7, 11) is 1.42. The number of hydroxylamine groups is 1. The molecule has 2 N–H and O–H groups in total. The van der Waals surface area contributed by atoms with Crippen LogP contribution in [0.1, 0.15) is 18.4 Å². The summed E-state index contributed by atoms with van der Waals surface area (Å²) in [5.74, 6) is 0. The highest BCUT2D eigenvalue weighted by Crippen LogP contribution is 2.48. The van der Waals surface area contributed by atoms with E-state index in [4.69, 9.17) is 0 Å². The summed E-state index contributed by atoms with van der Waals surface area (Å²) in [6.07, 6.45) is 2.22. The third-order valence-corrected chi connectivity index (χ3v) is 3.57. The highest BCUT2D eigenvalue weighted by molar-refractivity contribution is 9.10. The van der Waals surface area contributed by atoms with Gasteiger partial charge in [0.1, 0.15) is 0 Å². The van der Waals surface area contributed by atoms with E-state index in [9.17, 15) is 4.79 Å². The van der Waals surface area contributed by atoms with Crippen molar-refractivity contribution in [2.45, 2.75) is 18.3 Å². The average Bonchev–Trinajstić information content (AvgIpc) is 3.08. The maximum atomic E-state index is 11.3. The Morgan fingerprint density at radius 2 is 2.29 bits per heavy atom. The molecule has 0 spiro atoms. The lowest BCUT2D eigenvalue weighted by Crippen LogP contribution is -2.39. The lowest BCUT2D eigenvalue weighted by molar-refractivity contribution is 0.107. The van der Waals surface area contributed by atoms with Crippen LogP contribution in [0.25, 0.3) is 0 Å². The Bertz CT molecular complexity index is 419. The van der Waals surface area contributed by atoms with Crippen molar-refractivity contribution in [1.82, 2.24) is 10.8 Å². The number of amides is 2. The first-order valence-electron chi connectivity index (χ1n) is 5.49. The maximum Gasteiger partial charge on any atom is 0.338 e. The van der Waals surface area contributed by atoms with Crippen LogP contribution in [0.4, 0.5) is 4.79 Å². The molecule has 1 aromatic rings. The van der Waals surface area contributed by atoms with Gasteiger partial charge in [-0.2, -0.15) is 0 Å². The first kappa shape index (κ1) is 12.4. The van der Waals surface area contributed by atoms with E-state index in [0.717, 1.165) is 17.3 Å². The van der Waals surface area contributed by atoms with Crippen molar-refractivity contribution in [3.05, 3.63) is 34.3 Å². The van der Waals surface area contributed by atoms with Crippen LogP contribution < -0.4 is 10.8 Å². The average molecular weight is 299 g/mol. The van der Waals surface area contributed by atoms with Gasteiger partial charge in [-0.3, -0.25) is 4.84 Å². The number of rotatable bonds is 4. The van der Waals surface area contributed by atoms with Crippen LogP contribution in [0.2, 0.25) is 0 Å². The van der Waals surface area contributed by atoms with Crippen LogP contribution in [0.15, 0.2) is 28.7 Å². The van der Waals surface area contributed by atoms with Crippen molar-refractivity contribution in [3.8, 4) is 0 Å². The molecule has 0 radical (unpaired) electrons. The fraction of sp³-hybridized carbons (Fsp3) is 0.417. The number of carbonyl (C=O) groups excluding carboxylic acids is 1. The van der Waals surface area contributed by atoms with Gasteiger partial charge in [0.15, 0.2) is 0 Å². The minimum atomic E-state index is -0.297. The van der Waals surface area contributed by atoms with Gasteiger partial charge in [-0.15, -0.1) is 0 Å². The highest BCUT2D eigenvalue weighted by atomic mass is 79.9. The van der Waals surface area contributed by atoms with E-state index < -0.39 is 0 Å². The van der Waals surface area contributed by atoms with Gasteiger partial charge < -0.3 is 5.32 Å². The van der Waals surface area contributed by atoms with Gasteiger partial charge in [-0.1, -0.05) is 28.1 Å². The van der Waals surface area contributed by atoms with E-state index in [1.54, 1.807) is 0 Å². The SMILES string of the molecule is CONC(=O)NCC1(c2cccc(Br)c2)CC1. The number of hydrogen-bond acceptors (Lipinski definition) is 2. The smallest absolute Gasteiger partial charge is 0.335 e. The predicted octanol–water partition coefficient (Wildman–Crippen LogP) is 2.34. The van der Waals surface area contributed by atoms with Gasteiger partial charge in [0.05, 0.1) is 7.11 Å². The second-order valence-electron chi connectivity index (χ2n) is 4.28. The Morgan fingerprint density at radius 1 is 1.53 bits per heavy atom. The van der Waals surface area contributed by atoms with Crippen molar-refractivity contribution < 1.29 is 9.63 Å². The summed E-state index contributed by atoms with van der Waals surface area (Å²) in [4.78, 5) is 15.8. The molecular formula is C12H15BrN2O2. The zero-order valence-electron chi connectivity index (χ0n) is 9.63. The molecule has 5 heteroatoms. The van der Waals surface area contributed by atoms with Gasteiger partial charge in [0.2, 0.25) is 0 Å². The molecule has 0 atom stereocenters. The Morgan fingerprint density at radius 3 is 2.88 bits per heavy atom. The number of hydrogen-bond donors (Lipinski definition) is 2. The fourth-order valence-electron chi connectivity index (χ4n) is 1.92. The van der Waals surface area contributed by atoms with Gasteiger partial charge in [-0.05, 0) is 30.5 Å². The molecule has 92 valence electrons. The van der Waals surface area contributed by atoms with E-state index in [2.05, 4.69) is 43.7 Å². The van der Waals surface area contributed by atoms with E-state index in [-0.39, 0.29) is 11.4 Å². The molecular weight excluding hydrogens is 284 g/mol. The molecule has 1 aliphatic carbocycles. The molecule has 2 rings (SSSR count). The van der Waals surface area contributed by atoms with Crippen molar-refractivity contribution in [2.75, 3.05) is 13.7 Å². The summed E-state index contributed by atoms with van der Waals surface area (Å²) < 4.78 is 1.07. The van der Waals surface area contributed by atoms with Crippen LogP contribution in [-0.2, 0) is 10.3 Å². The molecule has 0 unspecified atom stereocenters. The zero-order chi connectivity index (χ0) is 12.3. The third kappa shape index (κ3) is 2.98. The topological polar surface area (TPSA) is 50.4 Å². The fourth-order valence-corrected chi connectivity index (χ4v) is 2.31. The molecule has 0 heterocycles. The largest absolute Gasteiger partial charge is 0.338 e. The number of benzene rings is 1. The molecule has 1 aromatic carbocycles. The Balaban J connectivity index is 1.98. The zero-order valence-corrected chi connectivity index (χ0v) is 11.2. The van der Waals surface area contributed by atoms with Gasteiger partial charge in [0.25, 0.3) is 0 Å². The summed E-state index contributed by atoms with van der Waals surface area (Å²) in [5, 5.41) is 2.81.